The lowest BCUT2D eigenvalue weighted by atomic mass is 9.99. The number of hydrogen-bond acceptors (Lipinski definition) is 3. The maximum absolute atomic E-state index is 11.3. The van der Waals surface area contributed by atoms with Crippen molar-refractivity contribution in [1.82, 2.24) is 4.83 Å². The fourth-order valence-corrected chi connectivity index (χ4v) is 1.91. The van der Waals surface area contributed by atoms with E-state index in [0.29, 0.717) is 5.92 Å². The van der Waals surface area contributed by atoms with Crippen LogP contribution in [0.5, 0.6) is 0 Å². The Morgan fingerprint density at radius 3 is 2.27 bits per heavy atom. The van der Waals surface area contributed by atoms with E-state index in [1.165, 1.54) is 0 Å². The number of rotatable bonds is 4. The lowest BCUT2D eigenvalue weighted by Gasteiger charge is -2.09. The van der Waals surface area contributed by atoms with Gasteiger partial charge in [-0.3, -0.25) is 5.84 Å². The zero-order chi connectivity index (χ0) is 11.5. The van der Waals surface area contributed by atoms with Gasteiger partial charge in [0.15, 0.2) is 0 Å². The number of hydrogen-bond donors (Lipinski definition) is 2. The van der Waals surface area contributed by atoms with Crippen LogP contribution in [0.1, 0.15) is 31.7 Å². The fourth-order valence-electron chi connectivity index (χ4n) is 1.28. The zero-order valence-electron chi connectivity index (χ0n) is 8.90. The maximum Gasteiger partial charge on any atom is 0.253 e. The van der Waals surface area contributed by atoms with Crippen molar-refractivity contribution in [3.8, 4) is 0 Å². The van der Waals surface area contributed by atoms with Gasteiger partial charge in [-0.15, -0.1) is 0 Å². The summed E-state index contributed by atoms with van der Waals surface area (Å²) in [7, 11) is -3.52. The van der Waals surface area contributed by atoms with Gasteiger partial charge >= 0.3 is 0 Å². The molecule has 0 fully saturated rings. The predicted molar refractivity (Wildman–Crippen MR) is 59.7 cm³/mol. The van der Waals surface area contributed by atoms with Crippen LogP contribution >= 0.6 is 0 Å². The third-order valence-corrected chi connectivity index (χ3v) is 3.73. The number of nitrogens with one attached hydrogen (secondary N) is 1. The van der Waals surface area contributed by atoms with Gasteiger partial charge in [-0.2, -0.15) is 4.83 Å². The largest absolute Gasteiger partial charge is 0.257 e. The van der Waals surface area contributed by atoms with Gasteiger partial charge in [-0.25, -0.2) is 8.42 Å². The van der Waals surface area contributed by atoms with E-state index in [9.17, 15) is 8.42 Å². The first-order valence-electron chi connectivity index (χ1n) is 4.83. The number of benzene rings is 1. The lowest BCUT2D eigenvalue weighted by molar-refractivity contribution is 0.584. The molecule has 0 aliphatic heterocycles. The van der Waals surface area contributed by atoms with Gasteiger partial charge in [0, 0.05) is 0 Å². The third-order valence-electron chi connectivity index (χ3n) is 2.53. The molecule has 4 nitrogen and oxygen atoms in total. The standard InChI is InChI=1S/C10H16N2O2S/c1-3-8(2)9-4-6-10(7-5-9)15(13,14)12-11/h4-8,12H,3,11H2,1-2H3/t8-/m1/s1. The summed E-state index contributed by atoms with van der Waals surface area (Å²) < 4.78 is 22.6. The molecule has 1 rings (SSSR count). The Balaban J connectivity index is 3.00. The zero-order valence-corrected chi connectivity index (χ0v) is 9.71. The monoisotopic (exact) mass is 228 g/mol. The van der Waals surface area contributed by atoms with Crippen molar-refractivity contribution < 1.29 is 8.42 Å². The van der Waals surface area contributed by atoms with Crippen LogP contribution in [0, 0.1) is 0 Å². The van der Waals surface area contributed by atoms with Gasteiger partial charge in [0.25, 0.3) is 10.0 Å². The van der Waals surface area contributed by atoms with Crippen LogP contribution < -0.4 is 10.7 Å². The van der Waals surface area contributed by atoms with E-state index in [0.717, 1.165) is 12.0 Å². The average Bonchev–Trinajstić information content (AvgIpc) is 2.28. The second kappa shape index (κ2) is 4.74. The van der Waals surface area contributed by atoms with Gasteiger partial charge in [-0.1, -0.05) is 26.0 Å². The van der Waals surface area contributed by atoms with Crippen molar-refractivity contribution in [3.63, 3.8) is 0 Å². The predicted octanol–water partition coefficient (Wildman–Crippen LogP) is 1.35. The van der Waals surface area contributed by atoms with E-state index in [1.807, 2.05) is 12.1 Å². The van der Waals surface area contributed by atoms with Crippen molar-refractivity contribution in [1.29, 1.82) is 0 Å². The molecule has 1 atom stereocenters. The van der Waals surface area contributed by atoms with Gasteiger partial charge in [-0.05, 0) is 30.0 Å². The van der Waals surface area contributed by atoms with Crippen molar-refractivity contribution in [2.45, 2.75) is 31.1 Å². The lowest BCUT2D eigenvalue weighted by Crippen LogP contribution is -2.30. The average molecular weight is 228 g/mol. The molecule has 0 amide bonds. The molecule has 84 valence electrons. The fraction of sp³-hybridized carbons (Fsp3) is 0.400. The summed E-state index contributed by atoms with van der Waals surface area (Å²) in [5.41, 5.74) is 1.13. The molecule has 0 saturated heterocycles. The second-order valence-corrected chi connectivity index (χ2v) is 5.21. The minimum Gasteiger partial charge on any atom is -0.257 e. The quantitative estimate of drug-likeness (QED) is 0.603. The van der Waals surface area contributed by atoms with E-state index in [1.54, 1.807) is 17.0 Å². The van der Waals surface area contributed by atoms with Gasteiger partial charge < -0.3 is 0 Å². The summed E-state index contributed by atoms with van der Waals surface area (Å²) in [6.07, 6.45) is 1.03. The van der Waals surface area contributed by atoms with E-state index in [2.05, 4.69) is 13.8 Å². The Morgan fingerprint density at radius 2 is 1.87 bits per heavy atom. The first-order valence-corrected chi connectivity index (χ1v) is 6.32. The highest BCUT2D eigenvalue weighted by Crippen LogP contribution is 2.20. The van der Waals surface area contributed by atoms with Gasteiger partial charge in [0.1, 0.15) is 0 Å². The van der Waals surface area contributed by atoms with E-state index in [4.69, 9.17) is 5.84 Å². The van der Waals surface area contributed by atoms with Gasteiger partial charge in [0.2, 0.25) is 0 Å². The van der Waals surface area contributed by atoms with E-state index >= 15 is 0 Å². The molecular formula is C10H16N2O2S. The van der Waals surface area contributed by atoms with Crippen LogP contribution in [0.25, 0.3) is 0 Å². The number of sulfonamides is 1. The van der Waals surface area contributed by atoms with Crippen LogP contribution in [0.2, 0.25) is 0 Å². The molecule has 5 heteroatoms. The molecule has 0 saturated carbocycles. The highest BCUT2D eigenvalue weighted by Gasteiger charge is 2.11. The molecule has 0 radical (unpaired) electrons. The molecule has 0 spiro atoms. The van der Waals surface area contributed by atoms with E-state index in [-0.39, 0.29) is 4.90 Å². The maximum atomic E-state index is 11.3. The highest BCUT2D eigenvalue weighted by molar-refractivity contribution is 7.89. The van der Waals surface area contributed by atoms with Crippen molar-refractivity contribution >= 4 is 10.0 Å². The Hall–Kier alpha value is -0.910. The van der Waals surface area contributed by atoms with Crippen LogP contribution in [0.3, 0.4) is 0 Å². The molecule has 0 unspecified atom stereocenters. The second-order valence-electron chi connectivity index (χ2n) is 3.50. The molecule has 1 aromatic carbocycles. The summed E-state index contributed by atoms with van der Waals surface area (Å²) in [5.74, 6) is 5.36. The van der Waals surface area contributed by atoms with Gasteiger partial charge in [0.05, 0.1) is 4.90 Å². The molecule has 1 aromatic rings. The smallest absolute Gasteiger partial charge is 0.253 e. The van der Waals surface area contributed by atoms with Crippen LogP contribution in [0.4, 0.5) is 0 Å². The number of nitrogens with two attached hydrogens (primary N) is 1. The summed E-state index contributed by atoms with van der Waals surface area (Å²) in [6, 6.07) is 6.77. The molecular weight excluding hydrogens is 212 g/mol. The summed E-state index contributed by atoms with van der Waals surface area (Å²) in [6.45, 7) is 4.20. The molecule has 0 aromatic heterocycles. The molecule has 0 aliphatic rings. The normalized spacial score (nSPS) is 13.8. The Morgan fingerprint density at radius 1 is 1.33 bits per heavy atom. The topological polar surface area (TPSA) is 72.2 Å². The van der Waals surface area contributed by atoms with Crippen LogP contribution in [-0.2, 0) is 10.0 Å². The SMILES string of the molecule is CC[C@@H](C)c1ccc(S(=O)(=O)NN)cc1. The van der Waals surface area contributed by atoms with Crippen LogP contribution in [0.15, 0.2) is 29.2 Å². The Kier molecular flexibility index (Phi) is 3.84. The number of hydrazine groups is 1. The molecule has 15 heavy (non-hydrogen) atoms. The van der Waals surface area contributed by atoms with Crippen molar-refractivity contribution in [3.05, 3.63) is 29.8 Å². The highest BCUT2D eigenvalue weighted by atomic mass is 32.2. The summed E-state index contributed by atoms with van der Waals surface area (Å²) >= 11 is 0. The Labute approximate surface area is 90.5 Å². The minimum atomic E-state index is -3.52. The summed E-state index contributed by atoms with van der Waals surface area (Å²) in [4.78, 5) is 1.98. The third kappa shape index (κ3) is 2.77. The summed E-state index contributed by atoms with van der Waals surface area (Å²) in [5, 5.41) is 0. The first kappa shape index (κ1) is 12.2. The Bertz CT molecular complexity index is 412. The minimum absolute atomic E-state index is 0.192. The molecule has 0 aliphatic carbocycles. The molecule has 0 bridgehead atoms. The van der Waals surface area contributed by atoms with E-state index < -0.39 is 10.0 Å². The first-order chi connectivity index (χ1) is 7.01. The van der Waals surface area contributed by atoms with Crippen molar-refractivity contribution in [2.24, 2.45) is 5.84 Å². The van der Waals surface area contributed by atoms with Crippen molar-refractivity contribution in [2.75, 3.05) is 0 Å². The molecule has 3 N–H and O–H groups in total. The molecule has 0 heterocycles. The van der Waals surface area contributed by atoms with Crippen LogP contribution in [-0.4, -0.2) is 8.42 Å².